The van der Waals surface area contributed by atoms with Crippen molar-refractivity contribution in [2.24, 2.45) is 4.99 Å². The van der Waals surface area contributed by atoms with Gasteiger partial charge < -0.3 is 4.74 Å². The van der Waals surface area contributed by atoms with E-state index in [9.17, 15) is 0 Å². The molecule has 1 heterocycles. The first-order chi connectivity index (χ1) is 10.2. The van der Waals surface area contributed by atoms with Crippen LogP contribution >= 0.6 is 0 Å². The van der Waals surface area contributed by atoms with Crippen molar-refractivity contribution in [1.29, 1.82) is 0 Å². The van der Waals surface area contributed by atoms with E-state index in [1.165, 1.54) is 48.1 Å². The highest BCUT2D eigenvalue weighted by Gasteiger charge is 2.11. The molecule has 0 fully saturated rings. The molecule has 0 saturated heterocycles. The number of benzene rings is 1. The highest BCUT2D eigenvalue weighted by Crippen LogP contribution is 2.21. The normalized spacial score (nSPS) is 14.5. The molecule has 114 valence electrons. The molecule has 2 heteroatoms. The van der Waals surface area contributed by atoms with Crippen molar-refractivity contribution in [3.8, 4) is 5.75 Å². The third-order valence-corrected chi connectivity index (χ3v) is 4.18. The Kier molecular flexibility index (Phi) is 6.04. The number of hydrogen-bond acceptors (Lipinski definition) is 2. The first-order valence-corrected chi connectivity index (χ1v) is 8.07. The number of nitrogens with zero attached hydrogens (tertiary/aromatic N) is 1. The molecule has 1 aliphatic rings. The lowest BCUT2D eigenvalue weighted by Crippen LogP contribution is -1.99. The molecular weight excluding hydrogens is 258 g/mol. The number of para-hydroxylation sites is 1. The van der Waals surface area contributed by atoms with E-state index in [1.807, 2.05) is 18.2 Å². The van der Waals surface area contributed by atoms with Crippen molar-refractivity contribution in [2.45, 2.75) is 52.9 Å². The van der Waals surface area contributed by atoms with Crippen LogP contribution in [-0.4, -0.2) is 18.9 Å². The van der Waals surface area contributed by atoms with Crippen molar-refractivity contribution in [1.82, 2.24) is 0 Å². The Hall–Kier alpha value is -1.57. The Balaban J connectivity index is 1.56. The third-order valence-electron chi connectivity index (χ3n) is 4.18. The molecule has 0 amide bonds. The highest BCUT2D eigenvalue weighted by molar-refractivity contribution is 6.00. The van der Waals surface area contributed by atoms with Gasteiger partial charge in [-0.05, 0) is 62.8 Å². The maximum Gasteiger partial charge on any atom is 0.122 e. The fourth-order valence-corrected chi connectivity index (χ4v) is 2.79. The molecule has 1 aromatic rings. The number of aryl methyl sites for hydroxylation is 1. The van der Waals surface area contributed by atoms with Gasteiger partial charge in [0.1, 0.15) is 5.75 Å². The van der Waals surface area contributed by atoms with E-state index in [4.69, 9.17) is 4.74 Å². The van der Waals surface area contributed by atoms with Crippen LogP contribution in [0, 0.1) is 6.92 Å². The van der Waals surface area contributed by atoms with Crippen molar-refractivity contribution in [3.05, 3.63) is 41.0 Å². The Labute approximate surface area is 128 Å². The van der Waals surface area contributed by atoms with Crippen LogP contribution in [0.25, 0.3) is 0 Å². The molecule has 0 atom stereocenters. The molecule has 2 rings (SSSR count). The predicted octanol–water partition coefficient (Wildman–Crippen LogP) is 5.12. The summed E-state index contributed by atoms with van der Waals surface area (Å²) in [7, 11) is 0. The molecule has 21 heavy (non-hydrogen) atoms. The molecule has 0 radical (unpaired) electrons. The van der Waals surface area contributed by atoms with Crippen LogP contribution in [0.2, 0.25) is 0 Å². The van der Waals surface area contributed by atoms with Gasteiger partial charge in [-0.25, -0.2) is 0 Å². The van der Waals surface area contributed by atoms with E-state index in [0.717, 1.165) is 25.3 Å². The van der Waals surface area contributed by atoms with Gasteiger partial charge in [0.2, 0.25) is 0 Å². The number of hydrogen-bond donors (Lipinski definition) is 0. The van der Waals surface area contributed by atoms with Crippen LogP contribution < -0.4 is 4.74 Å². The molecule has 0 saturated carbocycles. The van der Waals surface area contributed by atoms with Crippen LogP contribution in [0.4, 0.5) is 0 Å². The van der Waals surface area contributed by atoms with E-state index in [0.29, 0.717) is 0 Å². The van der Waals surface area contributed by atoms with Gasteiger partial charge in [0.25, 0.3) is 0 Å². The molecule has 1 aromatic carbocycles. The first kappa shape index (κ1) is 15.8. The van der Waals surface area contributed by atoms with E-state index in [2.05, 4.69) is 31.8 Å². The fourth-order valence-electron chi connectivity index (χ4n) is 2.79. The second kappa shape index (κ2) is 8.02. The zero-order valence-electron chi connectivity index (χ0n) is 13.6. The summed E-state index contributed by atoms with van der Waals surface area (Å²) < 4.78 is 5.82. The first-order valence-electron chi connectivity index (χ1n) is 8.07. The molecular formula is C19H27NO. The molecule has 0 spiro atoms. The quantitative estimate of drug-likeness (QED) is 0.608. The third kappa shape index (κ3) is 4.73. The SMILES string of the molecule is CC1=NCC(C)=C1CCCCCCOc1ccccc1C. The van der Waals surface area contributed by atoms with Crippen molar-refractivity contribution >= 4 is 5.71 Å². The van der Waals surface area contributed by atoms with E-state index in [-0.39, 0.29) is 0 Å². The molecule has 1 aliphatic heterocycles. The largest absolute Gasteiger partial charge is 0.493 e. The smallest absolute Gasteiger partial charge is 0.122 e. The minimum absolute atomic E-state index is 0.826. The minimum atomic E-state index is 0.826. The Morgan fingerprint density at radius 2 is 1.76 bits per heavy atom. The van der Waals surface area contributed by atoms with Crippen molar-refractivity contribution in [3.63, 3.8) is 0 Å². The maximum absolute atomic E-state index is 5.82. The lowest BCUT2D eigenvalue weighted by molar-refractivity contribution is 0.303. The average Bonchev–Trinajstić information content (AvgIpc) is 2.79. The number of aliphatic imine (C=N–C) groups is 1. The molecule has 2 nitrogen and oxygen atoms in total. The zero-order chi connectivity index (χ0) is 15.1. The average molecular weight is 285 g/mol. The summed E-state index contributed by atoms with van der Waals surface area (Å²) in [5, 5.41) is 0. The van der Waals surface area contributed by atoms with E-state index in [1.54, 1.807) is 0 Å². The van der Waals surface area contributed by atoms with Gasteiger partial charge in [-0.2, -0.15) is 0 Å². The van der Waals surface area contributed by atoms with E-state index < -0.39 is 0 Å². The lowest BCUT2D eigenvalue weighted by atomic mass is 10.0. The summed E-state index contributed by atoms with van der Waals surface area (Å²) in [6.07, 6.45) is 6.12. The maximum atomic E-state index is 5.82. The Morgan fingerprint density at radius 1 is 1.00 bits per heavy atom. The summed E-state index contributed by atoms with van der Waals surface area (Å²) in [5.41, 5.74) is 5.45. The molecule has 0 unspecified atom stereocenters. The number of ether oxygens (including phenoxy) is 1. The van der Waals surface area contributed by atoms with Crippen LogP contribution in [0.3, 0.4) is 0 Å². The lowest BCUT2D eigenvalue weighted by Gasteiger charge is -2.09. The summed E-state index contributed by atoms with van der Waals surface area (Å²) in [6, 6.07) is 8.22. The summed E-state index contributed by atoms with van der Waals surface area (Å²) >= 11 is 0. The van der Waals surface area contributed by atoms with Gasteiger partial charge in [-0.1, -0.05) is 31.0 Å². The van der Waals surface area contributed by atoms with Crippen LogP contribution in [0.1, 0.15) is 51.5 Å². The second-order valence-corrected chi connectivity index (χ2v) is 5.94. The fraction of sp³-hybridized carbons (Fsp3) is 0.526. The molecule has 0 bridgehead atoms. The summed E-state index contributed by atoms with van der Waals surface area (Å²) in [6.45, 7) is 8.20. The monoisotopic (exact) mass is 285 g/mol. The van der Waals surface area contributed by atoms with Gasteiger partial charge in [0, 0.05) is 5.71 Å². The van der Waals surface area contributed by atoms with E-state index >= 15 is 0 Å². The Bertz CT molecular complexity index is 528. The standard InChI is InChI=1S/C19H27NO/c1-15-10-7-8-12-19(15)21-13-9-5-4-6-11-18-16(2)14-20-17(18)3/h7-8,10,12H,4-6,9,11,13-14H2,1-3H3. The van der Waals surface area contributed by atoms with Gasteiger partial charge in [-0.15, -0.1) is 0 Å². The predicted molar refractivity (Wildman–Crippen MR) is 90.4 cm³/mol. The van der Waals surface area contributed by atoms with Crippen molar-refractivity contribution < 1.29 is 4.74 Å². The highest BCUT2D eigenvalue weighted by atomic mass is 16.5. The number of allylic oxidation sites excluding steroid dienone is 1. The van der Waals surface area contributed by atoms with Crippen molar-refractivity contribution in [2.75, 3.05) is 13.2 Å². The second-order valence-electron chi connectivity index (χ2n) is 5.94. The summed E-state index contributed by atoms with van der Waals surface area (Å²) in [4.78, 5) is 4.49. The van der Waals surface area contributed by atoms with Crippen LogP contribution in [0.5, 0.6) is 5.75 Å². The molecule has 0 aromatic heterocycles. The minimum Gasteiger partial charge on any atom is -0.493 e. The topological polar surface area (TPSA) is 21.6 Å². The van der Waals surface area contributed by atoms with Gasteiger partial charge in [0.15, 0.2) is 0 Å². The van der Waals surface area contributed by atoms with Gasteiger partial charge in [-0.3, -0.25) is 4.99 Å². The molecule has 0 aliphatic carbocycles. The summed E-state index contributed by atoms with van der Waals surface area (Å²) in [5.74, 6) is 1.02. The van der Waals surface area contributed by atoms with Gasteiger partial charge in [0.05, 0.1) is 13.2 Å². The number of rotatable bonds is 8. The van der Waals surface area contributed by atoms with Gasteiger partial charge >= 0.3 is 0 Å². The Morgan fingerprint density at radius 3 is 2.48 bits per heavy atom. The van der Waals surface area contributed by atoms with Crippen LogP contribution in [0.15, 0.2) is 40.4 Å². The van der Waals surface area contributed by atoms with Crippen LogP contribution in [-0.2, 0) is 0 Å². The zero-order valence-corrected chi connectivity index (χ0v) is 13.6. The molecule has 0 N–H and O–H groups in total. The number of unbranched alkanes of at least 4 members (excludes halogenated alkanes) is 3.